The summed E-state index contributed by atoms with van der Waals surface area (Å²) in [7, 11) is 0. The highest BCUT2D eigenvalue weighted by Gasteiger charge is 2.08. The second kappa shape index (κ2) is 4.46. The third-order valence-electron chi connectivity index (χ3n) is 3.11. The van der Waals surface area contributed by atoms with Crippen LogP contribution in [0.3, 0.4) is 0 Å². The van der Waals surface area contributed by atoms with Crippen LogP contribution in [0.2, 0.25) is 0 Å². The van der Waals surface area contributed by atoms with Crippen molar-refractivity contribution in [3.8, 4) is 0 Å². The summed E-state index contributed by atoms with van der Waals surface area (Å²) in [4.78, 5) is 0. The van der Waals surface area contributed by atoms with Gasteiger partial charge in [-0.3, -0.25) is 0 Å². The molecular weight excluding hydrogens is 251 g/mol. The molecule has 3 rings (SSSR count). The Bertz CT molecular complexity index is 746. The van der Waals surface area contributed by atoms with Gasteiger partial charge in [-0.25, -0.2) is 13.2 Å². The molecule has 19 heavy (non-hydrogen) atoms. The Morgan fingerprint density at radius 3 is 2.58 bits per heavy atom. The van der Waals surface area contributed by atoms with E-state index in [0.717, 1.165) is 18.2 Å². The van der Waals surface area contributed by atoms with E-state index < -0.39 is 11.6 Å². The summed E-state index contributed by atoms with van der Waals surface area (Å²) >= 11 is 0. The fourth-order valence-corrected chi connectivity index (χ4v) is 2.17. The largest absolute Gasteiger partial charge is 0.343 e. The fourth-order valence-electron chi connectivity index (χ4n) is 2.17. The van der Waals surface area contributed by atoms with Gasteiger partial charge in [-0.2, -0.15) is 0 Å². The van der Waals surface area contributed by atoms with Gasteiger partial charge in [0.1, 0.15) is 17.5 Å². The van der Waals surface area contributed by atoms with Crippen molar-refractivity contribution in [3.63, 3.8) is 0 Å². The van der Waals surface area contributed by atoms with Gasteiger partial charge in [0.15, 0.2) is 0 Å². The molecule has 1 nitrogen and oxygen atoms in total. The van der Waals surface area contributed by atoms with Crippen LogP contribution in [-0.4, -0.2) is 4.57 Å². The highest BCUT2D eigenvalue weighted by Crippen LogP contribution is 2.21. The minimum Gasteiger partial charge on any atom is -0.343 e. The zero-order valence-electron chi connectivity index (χ0n) is 9.91. The van der Waals surface area contributed by atoms with Crippen LogP contribution >= 0.6 is 0 Å². The summed E-state index contributed by atoms with van der Waals surface area (Å²) in [6.07, 6.45) is 1.66. The molecule has 0 aliphatic heterocycles. The van der Waals surface area contributed by atoms with E-state index in [1.165, 1.54) is 6.07 Å². The molecule has 0 aliphatic carbocycles. The molecule has 0 amide bonds. The van der Waals surface area contributed by atoms with E-state index in [9.17, 15) is 13.2 Å². The Morgan fingerprint density at radius 2 is 1.74 bits per heavy atom. The molecule has 96 valence electrons. The van der Waals surface area contributed by atoms with Crippen molar-refractivity contribution in [2.45, 2.75) is 6.54 Å². The molecule has 0 fully saturated rings. The predicted molar refractivity (Wildman–Crippen MR) is 67.4 cm³/mol. The average molecular weight is 261 g/mol. The summed E-state index contributed by atoms with van der Waals surface area (Å²) in [5.74, 6) is -1.28. The lowest BCUT2D eigenvalue weighted by atomic mass is 10.2. The van der Waals surface area contributed by atoms with Gasteiger partial charge in [-0.1, -0.05) is 6.07 Å². The molecule has 0 unspecified atom stereocenters. The highest BCUT2D eigenvalue weighted by molar-refractivity contribution is 5.80. The van der Waals surface area contributed by atoms with Crippen LogP contribution < -0.4 is 0 Å². The molecule has 0 atom stereocenters. The van der Waals surface area contributed by atoms with E-state index in [2.05, 4.69) is 0 Å². The minimum atomic E-state index is -0.487. The number of hydrogen-bond donors (Lipinski definition) is 0. The Morgan fingerprint density at radius 1 is 0.895 bits per heavy atom. The molecule has 0 bridgehead atoms. The second-order valence-corrected chi connectivity index (χ2v) is 4.35. The Kier molecular flexibility index (Phi) is 2.78. The molecular formula is C15H10F3N. The summed E-state index contributed by atoms with van der Waals surface area (Å²) in [6.45, 7) is 0.163. The number of rotatable bonds is 2. The molecule has 1 aromatic heterocycles. The molecule has 0 spiro atoms. The van der Waals surface area contributed by atoms with Gasteiger partial charge in [0.25, 0.3) is 0 Å². The summed E-state index contributed by atoms with van der Waals surface area (Å²) in [5.41, 5.74) is 0.894. The van der Waals surface area contributed by atoms with E-state index in [1.54, 1.807) is 29.0 Å². The van der Waals surface area contributed by atoms with Crippen LogP contribution in [0.1, 0.15) is 5.56 Å². The smallest absolute Gasteiger partial charge is 0.132 e. The zero-order chi connectivity index (χ0) is 13.4. The monoisotopic (exact) mass is 261 g/mol. The molecule has 0 radical (unpaired) electrons. The summed E-state index contributed by atoms with van der Waals surface area (Å²) in [5, 5.41) is 0.472. The molecule has 0 N–H and O–H groups in total. The first-order valence-electron chi connectivity index (χ1n) is 5.82. The van der Waals surface area contributed by atoms with Gasteiger partial charge in [0, 0.05) is 17.1 Å². The molecule has 1 heterocycles. The minimum absolute atomic E-state index is 0.163. The molecule has 2 aromatic carbocycles. The maximum Gasteiger partial charge on any atom is 0.132 e. The van der Waals surface area contributed by atoms with Crippen molar-refractivity contribution in [1.29, 1.82) is 0 Å². The van der Waals surface area contributed by atoms with Gasteiger partial charge in [0.05, 0.1) is 12.1 Å². The number of halogens is 3. The molecule has 0 saturated carbocycles. The number of hydrogen-bond acceptors (Lipinski definition) is 0. The SMILES string of the molecule is Fc1ccc(F)c(Cn2ccc3c(F)cccc32)c1. The van der Waals surface area contributed by atoms with Gasteiger partial charge < -0.3 is 4.57 Å². The first kappa shape index (κ1) is 11.8. The van der Waals surface area contributed by atoms with E-state index in [-0.39, 0.29) is 17.9 Å². The quantitative estimate of drug-likeness (QED) is 0.654. The van der Waals surface area contributed by atoms with Crippen LogP contribution in [0.25, 0.3) is 10.9 Å². The molecule has 0 saturated heterocycles. The van der Waals surface area contributed by atoms with E-state index in [1.807, 2.05) is 0 Å². The lowest BCUT2D eigenvalue weighted by Crippen LogP contribution is -2.01. The van der Waals surface area contributed by atoms with Crippen molar-refractivity contribution in [3.05, 3.63) is 71.7 Å². The van der Waals surface area contributed by atoms with Crippen LogP contribution in [0.5, 0.6) is 0 Å². The summed E-state index contributed by atoms with van der Waals surface area (Å²) < 4.78 is 41.9. The third-order valence-corrected chi connectivity index (χ3v) is 3.11. The molecule has 0 aliphatic rings. The lowest BCUT2D eigenvalue weighted by Gasteiger charge is -2.07. The standard InChI is InChI=1S/C15H10F3N/c16-11-4-5-13(17)10(8-11)9-19-7-6-12-14(18)2-1-3-15(12)19/h1-8H,9H2. The average Bonchev–Trinajstić information content (AvgIpc) is 2.79. The Labute approximate surface area is 107 Å². The Balaban J connectivity index is 2.06. The van der Waals surface area contributed by atoms with Gasteiger partial charge >= 0.3 is 0 Å². The van der Waals surface area contributed by atoms with Crippen LogP contribution in [-0.2, 0) is 6.54 Å². The number of fused-ring (bicyclic) bond motifs is 1. The van der Waals surface area contributed by atoms with Crippen molar-refractivity contribution in [2.24, 2.45) is 0 Å². The normalized spacial score (nSPS) is 11.1. The van der Waals surface area contributed by atoms with Gasteiger partial charge in [-0.15, -0.1) is 0 Å². The second-order valence-electron chi connectivity index (χ2n) is 4.35. The number of benzene rings is 2. The maximum atomic E-state index is 13.6. The fraction of sp³-hybridized carbons (Fsp3) is 0.0667. The molecule has 4 heteroatoms. The topological polar surface area (TPSA) is 4.93 Å². The highest BCUT2D eigenvalue weighted by atomic mass is 19.1. The van der Waals surface area contributed by atoms with Gasteiger partial charge in [-0.05, 0) is 36.4 Å². The van der Waals surface area contributed by atoms with E-state index >= 15 is 0 Å². The van der Waals surface area contributed by atoms with Crippen molar-refractivity contribution >= 4 is 10.9 Å². The van der Waals surface area contributed by atoms with Crippen molar-refractivity contribution in [2.75, 3.05) is 0 Å². The number of aromatic nitrogens is 1. The first-order valence-corrected chi connectivity index (χ1v) is 5.82. The van der Waals surface area contributed by atoms with Crippen LogP contribution in [0, 0.1) is 17.5 Å². The summed E-state index contributed by atoms with van der Waals surface area (Å²) in [6, 6.07) is 9.66. The number of nitrogens with zero attached hydrogens (tertiary/aromatic N) is 1. The molecule has 3 aromatic rings. The van der Waals surface area contributed by atoms with Crippen LogP contribution in [0.15, 0.2) is 48.7 Å². The first-order chi connectivity index (χ1) is 9.15. The van der Waals surface area contributed by atoms with Crippen LogP contribution in [0.4, 0.5) is 13.2 Å². The van der Waals surface area contributed by atoms with E-state index in [4.69, 9.17) is 0 Å². The predicted octanol–water partition coefficient (Wildman–Crippen LogP) is 4.11. The Hall–Kier alpha value is -2.23. The zero-order valence-corrected chi connectivity index (χ0v) is 9.91. The van der Waals surface area contributed by atoms with E-state index in [0.29, 0.717) is 10.9 Å². The van der Waals surface area contributed by atoms with Crippen molar-refractivity contribution in [1.82, 2.24) is 4.57 Å². The lowest BCUT2D eigenvalue weighted by molar-refractivity contribution is 0.579. The van der Waals surface area contributed by atoms with Gasteiger partial charge in [0.2, 0.25) is 0 Å². The maximum absolute atomic E-state index is 13.6. The van der Waals surface area contributed by atoms with Crippen molar-refractivity contribution < 1.29 is 13.2 Å². The third kappa shape index (κ3) is 2.10.